The van der Waals surface area contributed by atoms with Crippen molar-refractivity contribution in [1.82, 2.24) is 19.7 Å². The molecule has 0 aliphatic carbocycles. The molecule has 0 unspecified atom stereocenters. The lowest BCUT2D eigenvalue weighted by atomic mass is 10.1. The number of morpholine rings is 1. The maximum Gasteiger partial charge on any atom is 0.257 e. The quantitative estimate of drug-likeness (QED) is 0.223. The molecule has 12 heteroatoms. The second-order valence-corrected chi connectivity index (χ2v) is 13.9. The van der Waals surface area contributed by atoms with E-state index in [1.54, 1.807) is 30.3 Å². The number of ether oxygens (including phenoxy) is 3. The van der Waals surface area contributed by atoms with Crippen molar-refractivity contribution in [1.29, 1.82) is 0 Å². The third-order valence-electron chi connectivity index (χ3n) is 8.24. The monoisotopic (exact) mass is 667 g/mol. The number of thiazole rings is 1. The fourth-order valence-electron chi connectivity index (χ4n) is 5.49. The number of rotatable bonds is 14. The molecule has 2 aliphatic rings. The Morgan fingerprint density at radius 3 is 2.37 bits per heavy atom. The number of nitrogens with zero attached hydrogens (tertiary/aromatic N) is 4. The highest BCUT2D eigenvalue weighted by molar-refractivity contribution is 8.01. The van der Waals surface area contributed by atoms with E-state index in [2.05, 4.69) is 27.0 Å². The number of carbonyl (C=O) groups excluding carboxylic acids is 2. The number of methoxy groups -OCH3 is 1. The first-order chi connectivity index (χ1) is 22.4. The fourth-order valence-corrected chi connectivity index (χ4v) is 7.42. The molecule has 2 aliphatic heterocycles. The van der Waals surface area contributed by atoms with E-state index in [9.17, 15) is 9.59 Å². The first-order valence-electron chi connectivity index (χ1n) is 16.1. The highest BCUT2D eigenvalue weighted by Crippen LogP contribution is 2.38. The number of carbonyl (C=O) groups is 2. The molecule has 2 amide bonds. The Hall–Kier alpha value is -3.16. The van der Waals surface area contributed by atoms with Crippen LogP contribution in [0, 0.1) is 6.92 Å². The molecule has 2 aromatic carbocycles. The molecule has 2 fully saturated rings. The molecular weight excluding hydrogens is 623 g/mol. The number of piperazine rings is 1. The molecule has 10 nitrogen and oxygen atoms in total. The maximum atomic E-state index is 13.2. The molecule has 0 bridgehead atoms. The van der Waals surface area contributed by atoms with E-state index in [0.717, 1.165) is 59.6 Å². The van der Waals surface area contributed by atoms with Gasteiger partial charge in [0.15, 0.2) is 5.13 Å². The number of benzene rings is 2. The van der Waals surface area contributed by atoms with Gasteiger partial charge >= 0.3 is 0 Å². The van der Waals surface area contributed by atoms with Crippen LogP contribution in [-0.2, 0) is 4.74 Å². The number of aromatic nitrogens is 1. The van der Waals surface area contributed by atoms with Gasteiger partial charge in [0.1, 0.15) is 11.5 Å². The van der Waals surface area contributed by atoms with E-state index in [1.807, 2.05) is 31.2 Å². The second kappa shape index (κ2) is 17.1. The predicted octanol–water partition coefficient (Wildman–Crippen LogP) is 5.52. The lowest BCUT2D eigenvalue weighted by molar-refractivity contribution is 0.0300. The molecule has 3 heterocycles. The number of aryl methyl sites for hydroxylation is 1. The molecule has 248 valence electrons. The summed E-state index contributed by atoms with van der Waals surface area (Å²) >= 11 is 2.90. The predicted molar refractivity (Wildman–Crippen MR) is 183 cm³/mol. The van der Waals surface area contributed by atoms with Gasteiger partial charge in [-0.2, -0.15) is 0 Å². The number of unbranched alkanes of at least 4 members (excludes halogenated alkanes) is 1. The van der Waals surface area contributed by atoms with Crippen LogP contribution in [0.15, 0.2) is 51.7 Å². The van der Waals surface area contributed by atoms with Crippen molar-refractivity contribution in [3.8, 4) is 11.5 Å². The Morgan fingerprint density at radius 1 is 1.00 bits per heavy atom. The summed E-state index contributed by atoms with van der Waals surface area (Å²) in [5.41, 5.74) is 2.05. The van der Waals surface area contributed by atoms with Crippen LogP contribution in [0.4, 0.5) is 5.13 Å². The van der Waals surface area contributed by atoms with Crippen molar-refractivity contribution < 1.29 is 23.8 Å². The molecule has 0 radical (unpaired) electrons. The van der Waals surface area contributed by atoms with E-state index in [4.69, 9.17) is 14.2 Å². The molecule has 2 saturated heterocycles. The standard InChI is InChI=1S/C34H45N5O5S2/c1-4-5-11-37-13-15-38(16-14-37)12-6-19-44-27-9-7-26(8-10-27)32(40)36-34-35-24-31(46-34)45-30-23-28(29(42-3)22-25(30)2)33(41)39-17-20-43-21-18-39/h7-10,22-24H,4-6,11-21H2,1-3H3,(H,35,36,40). The average molecular weight is 668 g/mol. The molecule has 5 rings (SSSR count). The Morgan fingerprint density at radius 2 is 1.70 bits per heavy atom. The van der Waals surface area contributed by atoms with Crippen LogP contribution in [0.25, 0.3) is 0 Å². The van der Waals surface area contributed by atoms with Gasteiger partial charge < -0.3 is 28.9 Å². The minimum Gasteiger partial charge on any atom is -0.496 e. The van der Waals surface area contributed by atoms with E-state index in [1.165, 1.54) is 42.5 Å². The van der Waals surface area contributed by atoms with Gasteiger partial charge in [0.05, 0.1) is 42.9 Å². The van der Waals surface area contributed by atoms with Gasteiger partial charge in [-0.3, -0.25) is 14.9 Å². The Labute approximate surface area is 280 Å². The zero-order chi connectivity index (χ0) is 32.3. The van der Waals surface area contributed by atoms with Crippen LogP contribution >= 0.6 is 23.1 Å². The van der Waals surface area contributed by atoms with Crippen LogP contribution in [0.3, 0.4) is 0 Å². The Bertz CT molecular complexity index is 1440. The van der Waals surface area contributed by atoms with E-state index in [0.29, 0.717) is 54.9 Å². The van der Waals surface area contributed by atoms with Crippen molar-refractivity contribution in [2.24, 2.45) is 0 Å². The van der Waals surface area contributed by atoms with Crippen LogP contribution in [0.5, 0.6) is 11.5 Å². The third-order valence-corrected chi connectivity index (χ3v) is 10.4. The van der Waals surface area contributed by atoms with E-state index >= 15 is 0 Å². The first-order valence-corrected chi connectivity index (χ1v) is 17.7. The molecule has 0 atom stereocenters. The zero-order valence-electron chi connectivity index (χ0n) is 27.1. The SMILES string of the molecule is CCCCN1CCN(CCCOc2ccc(C(=O)Nc3ncc(Sc4cc(C(=O)N5CCOCC5)c(OC)cc4C)s3)cc2)CC1. The number of anilines is 1. The van der Waals surface area contributed by atoms with Crippen molar-refractivity contribution in [2.75, 3.05) is 84.6 Å². The summed E-state index contributed by atoms with van der Waals surface area (Å²) in [4.78, 5) is 38.4. The molecule has 0 spiro atoms. The summed E-state index contributed by atoms with van der Waals surface area (Å²) < 4.78 is 17.8. The van der Waals surface area contributed by atoms with Gasteiger partial charge in [-0.1, -0.05) is 36.4 Å². The van der Waals surface area contributed by atoms with Crippen molar-refractivity contribution >= 4 is 40.0 Å². The third kappa shape index (κ3) is 9.45. The van der Waals surface area contributed by atoms with Crippen LogP contribution < -0.4 is 14.8 Å². The van der Waals surface area contributed by atoms with Gasteiger partial charge in [0.25, 0.3) is 11.8 Å². The van der Waals surface area contributed by atoms with E-state index in [-0.39, 0.29) is 11.8 Å². The summed E-state index contributed by atoms with van der Waals surface area (Å²) in [6.07, 6.45) is 5.25. The minimum atomic E-state index is -0.227. The maximum absolute atomic E-state index is 13.2. The van der Waals surface area contributed by atoms with Crippen molar-refractivity contribution in [3.63, 3.8) is 0 Å². The summed E-state index contributed by atoms with van der Waals surface area (Å²) in [6.45, 7) is 13.9. The largest absolute Gasteiger partial charge is 0.496 e. The van der Waals surface area contributed by atoms with Gasteiger partial charge in [0, 0.05) is 56.3 Å². The highest BCUT2D eigenvalue weighted by atomic mass is 32.2. The highest BCUT2D eigenvalue weighted by Gasteiger charge is 2.23. The van der Waals surface area contributed by atoms with Crippen molar-refractivity contribution in [2.45, 2.75) is 42.2 Å². The topological polar surface area (TPSA) is 96.5 Å². The van der Waals surface area contributed by atoms with E-state index < -0.39 is 0 Å². The number of nitrogens with one attached hydrogen (secondary N) is 1. The summed E-state index contributed by atoms with van der Waals surface area (Å²) in [5, 5.41) is 3.41. The molecule has 46 heavy (non-hydrogen) atoms. The molecule has 1 N–H and O–H groups in total. The number of hydrogen-bond donors (Lipinski definition) is 1. The Balaban J connectivity index is 1.09. The van der Waals surface area contributed by atoms with Gasteiger partial charge in [-0.05, 0) is 68.3 Å². The first kappa shape index (κ1) is 34.2. The molecule has 0 saturated carbocycles. The normalized spacial score (nSPS) is 15.9. The number of amides is 2. The average Bonchev–Trinajstić information content (AvgIpc) is 3.53. The zero-order valence-corrected chi connectivity index (χ0v) is 28.7. The smallest absolute Gasteiger partial charge is 0.257 e. The second-order valence-electron chi connectivity index (χ2n) is 11.5. The van der Waals surface area contributed by atoms with Crippen LogP contribution in [-0.4, -0.2) is 111 Å². The molecule has 1 aromatic heterocycles. The van der Waals surface area contributed by atoms with Gasteiger partial charge in [-0.15, -0.1) is 0 Å². The van der Waals surface area contributed by atoms with Gasteiger partial charge in [0.2, 0.25) is 0 Å². The van der Waals surface area contributed by atoms with Crippen molar-refractivity contribution in [3.05, 3.63) is 59.3 Å². The molecular formula is C34H45N5O5S2. The Kier molecular flexibility index (Phi) is 12.7. The summed E-state index contributed by atoms with van der Waals surface area (Å²) in [5.74, 6) is 1.02. The van der Waals surface area contributed by atoms with Crippen LogP contribution in [0.2, 0.25) is 0 Å². The van der Waals surface area contributed by atoms with Gasteiger partial charge in [-0.25, -0.2) is 4.98 Å². The van der Waals surface area contributed by atoms with Crippen LogP contribution in [0.1, 0.15) is 52.5 Å². The summed E-state index contributed by atoms with van der Waals surface area (Å²) in [7, 11) is 1.58. The number of hydrogen-bond acceptors (Lipinski definition) is 10. The lowest BCUT2D eigenvalue weighted by Gasteiger charge is -2.34. The fraction of sp³-hybridized carbons (Fsp3) is 0.500. The molecule has 3 aromatic rings. The summed E-state index contributed by atoms with van der Waals surface area (Å²) in [6, 6.07) is 11.0. The lowest BCUT2D eigenvalue weighted by Crippen LogP contribution is -2.46. The minimum absolute atomic E-state index is 0.0672.